The van der Waals surface area contributed by atoms with Gasteiger partial charge in [0.25, 0.3) is 0 Å². The molecule has 0 radical (unpaired) electrons. The van der Waals surface area contributed by atoms with Gasteiger partial charge in [0.15, 0.2) is 11.5 Å². The SMILES string of the molecule is COc1cc(C#N)c(Cl)c2c1C(=O)[C@@]1(O2)C(O)=CC(=O)C[C@H]1C. The molecule has 0 bridgehead atoms. The van der Waals surface area contributed by atoms with Crippen molar-refractivity contribution in [1.29, 1.82) is 5.26 Å². The van der Waals surface area contributed by atoms with E-state index in [1.807, 2.05) is 6.07 Å². The summed E-state index contributed by atoms with van der Waals surface area (Å²) in [6.45, 7) is 1.64. The molecule has 1 spiro atoms. The van der Waals surface area contributed by atoms with Crippen LogP contribution in [0.1, 0.15) is 29.3 Å². The maximum atomic E-state index is 13.0. The zero-order chi connectivity index (χ0) is 16.9. The number of ketones is 2. The summed E-state index contributed by atoms with van der Waals surface area (Å²) in [7, 11) is 1.35. The largest absolute Gasteiger partial charge is 0.507 e. The van der Waals surface area contributed by atoms with Gasteiger partial charge in [-0.15, -0.1) is 0 Å². The van der Waals surface area contributed by atoms with E-state index in [0.29, 0.717) is 0 Å². The Morgan fingerprint density at radius 3 is 2.78 bits per heavy atom. The van der Waals surface area contributed by atoms with Gasteiger partial charge in [0.05, 0.1) is 12.7 Å². The number of fused-ring (bicyclic) bond motifs is 1. The van der Waals surface area contributed by atoms with Crippen LogP contribution < -0.4 is 9.47 Å². The van der Waals surface area contributed by atoms with Crippen LogP contribution in [0.2, 0.25) is 5.02 Å². The van der Waals surface area contributed by atoms with Gasteiger partial charge in [-0.3, -0.25) is 9.59 Å². The number of aliphatic hydroxyl groups excluding tert-OH is 1. The highest BCUT2D eigenvalue weighted by Crippen LogP contribution is 2.52. The molecule has 23 heavy (non-hydrogen) atoms. The third-order valence-corrected chi connectivity index (χ3v) is 4.61. The quantitative estimate of drug-likeness (QED) is 0.848. The summed E-state index contributed by atoms with van der Waals surface area (Å²) < 4.78 is 10.9. The maximum absolute atomic E-state index is 13.0. The molecule has 0 unspecified atom stereocenters. The second kappa shape index (κ2) is 5.00. The molecule has 3 rings (SSSR count). The van der Waals surface area contributed by atoms with Crippen LogP contribution in [0.5, 0.6) is 11.5 Å². The average molecular weight is 334 g/mol. The van der Waals surface area contributed by atoms with Gasteiger partial charge in [0.2, 0.25) is 11.4 Å². The molecule has 2 atom stereocenters. The van der Waals surface area contributed by atoms with Gasteiger partial charge in [-0.05, 0) is 0 Å². The van der Waals surface area contributed by atoms with Gasteiger partial charge in [-0.25, -0.2) is 0 Å². The van der Waals surface area contributed by atoms with Crippen LogP contribution in [0.4, 0.5) is 0 Å². The summed E-state index contributed by atoms with van der Waals surface area (Å²) in [5, 5.41) is 19.4. The fourth-order valence-electron chi connectivity index (χ4n) is 3.07. The number of carbonyl (C=O) groups is 2. The molecule has 7 heteroatoms. The first-order valence-electron chi connectivity index (χ1n) is 6.85. The van der Waals surface area contributed by atoms with Crippen LogP contribution >= 0.6 is 11.6 Å². The van der Waals surface area contributed by atoms with E-state index in [9.17, 15) is 14.7 Å². The first kappa shape index (κ1) is 15.4. The Bertz CT molecular complexity index is 823. The molecule has 0 saturated carbocycles. The molecule has 1 aliphatic heterocycles. The van der Waals surface area contributed by atoms with Crippen LogP contribution in [0.25, 0.3) is 0 Å². The average Bonchev–Trinajstić information content (AvgIpc) is 2.82. The van der Waals surface area contributed by atoms with E-state index < -0.39 is 23.1 Å². The molecule has 0 fully saturated rings. The van der Waals surface area contributed by atoms with E-state index in [2.05, 4.69) is 0 Å². The zero-order valence-electron chi connectivity index (χ0n) is 12.3. The van der Waals surface area contributed by atoms with Crippen LogP contribution in [-0.4, -0.2) is 29.4 Å². The number of halogens is 1. The summed E-state index contributed by atoms with van der Waals surface area (Å²) >= 11 is 6.15. The minimum Gasteiger partial charge on any atom is -0.507 e. The predicted octanol–water partition coefficient (Wildman–Crippen LogP) is 2.58. The highest BCUT2D eigenvalue weighted by molar-refractivity contribution is 6.34. The number of hydrogen-bond acceptors (Lipinski definition) is 6. The fraction of sp³-hybridized carbons (Fsp3) is 0.312. The number of methoxy groups -OCH3 is 1. The number of benzene rings is 1. The first-order chi connectivity index (χ1) is 10.9. The minimum atomic E-state index is -1.71. The lowest BCUT2D eigenvalue weighted by molar-refractivity contribution is -0.118. The minimum absolute atomic E-state index is 0.00582. The van der Waals surface area contributed by atoms with Crippen LogP contribution in [0.3, 0.4) is 0 Å². The highest BCUT2D eigenvalue weighted by Gasteiger charge is 2.59. The molecule has 1 heterocycles. The maximum Gasteiger partial charge on any atom is 0.230 e. The first-order valence-corrected chi connectivity index (χ1v) is 7.23. The van der Waals surface area contributed by atoms with Gasteiger partial charge >= 0.3 is 0 Å². The van der Waals surface area contributed by atoms with Crippen molar-refractivity contribution < 1.29 is 24.2 Å². The molecule has 1 aromatic carbocycles. The van der Waals surface area contributed by atoms with Gasteiger partial charge in [0.1, 0.15) is 28.2 Å². The van der Waals surface area contributed by atoms with Crippen molar-refractivity contribution in [1.82, 2.24) is 0 Å². The van der Waals surface area contributed by atoms with Crippen molar-refractivity contribution in [2.24, 2.45) is 5.92 Å². The van der Waals surface area contributed by atoms with Gasteiger partial charge < -0.3 is 14.6 Å². The predicted molar refractivity (Wildman–Crippen MR) is 79.9 cm³/mol. The van der Waals surface area contributed by atoms with Crippen LogP contribution in [0, 0.1) is 17.2 Å². The molecule has 0 aromatic heterocycles. The number of allylic oxidation sites excluding steroid dienone is 1. The summed E-state index contributed by atoms with van der Waals surface area (Å²) in [5.41, 5.74) is -1.55. The summed E-state index contributed by atoms with van der Waals surface area (Å²) in [5.74, 6) is -1.74. The van der Waals surface area contributed by atoms with Crippen LogP contribution in [-0.2, 0) is 4.79 Å². The second-order valence-corrected chi connectivity index (χ2v) is 5.90. The van der Waals surface area contributed by atoms with Crippen molar-refractivity contribution in [2.45, 2.75) is 18.9 Å². The molecular formula is C16H12ClNO5. The van der Waals surface area contributed by atoms with E-state index in [1.54, 1.807) is 6.92 Å². The number of ether oxygens (including phenoxy) is 2. The summed E-state index contributed by atoms with van der Waals surface area (Å²) in [6.07, 6.45) is 1.05. The Kier molecular flexibility index (Phi) is 3.34. The summed E-state index contributed by atoms with van der Waals surface area (Å²) in [4.78, 5) is 24.6. The molecule has 0 saturated heterocycles. The standard InChI is InChI=1S/C16H12ClNO5/c1-7-3-9(19)5-11(20)16(7)15(21)12-10(22-2)4-8(6-18)13(17)14(12)23-16/h4-5,7,20H,3H2,1-2H3/t7-,16+/m1/s1. The monoisotopic (exact) mass is 333 g/mol. The number of Topliss-reactive ketones (excluding diaryl/α,β-unsaturated/α-hetero) is 1. The smallest absolute Gasteiger partial charge is 0.230 e. The molecule has 1 N–H and O–H groups in total. The highest BCUT2D eigenvalue weighted by atomic mass is 35.5. The lowest BCUT2D eigenvalue weighted by Crippen LogP contribution is -2.51. The number of rotatable bonds is 1. The number of carbonyl (C=O) groups excluding carboxylic acids is 2. The van der Waals surface area contributed by atoms with E-state index >= 15 is 0 Å². The Morgan fingerprint density at radius 2 is 2.22 bits per heavy atom. The number of nitriles is 1. The Morgan fingerprint density at radius 1 is 1.52 bits per heavy atom. The van der Waals surface area contributed by atoms with Gasteiger partial charge in [-0.1, -0.05) is 18.5 Å². The lowest BCUT2D eigenvalue weighted by Gasteiger charge is -2.34. The normalized spacial score (nSPS) is 25.7. The Balaban J connectivity index is 2.28. The van der Waals surface area contributed by atoms with Crippen molar-refractivity contribution in [3.05, 3.63) is 34.1 Å². The lowest BCUT2D eigenvalue weighted by atomic mass is 9.75. The Hall–Kier alpha value is -2.52. The number of aliphatic hydroxyl groups is 1. The van der Waals surface area contributed by atoms with Crippen LogP contribution in [0.15, 0.2) is 17.9 Å². The molecular weight excluding hydrogens is 322 g/mol. The van der Waals surface area contributed by atoms with Gasteiger partial charge in [0, 0.05) is 24.5 Å². The molecule has 1 aliphatic carbocycles. The third kappa shape index (κ3) is 1.87. The van der Waals surface area contributed by atoms with E-state index in [0.717, 1.165) is 6.08 Å². The molecule has 0 amide bonds. The second-order valence-electron chi connectivity index (χ2n) is 5.52. The number of nitrogens with zero attached hydrogens (tertiary/aromatic N) is 1. The molecule has 2 aliphatic rings. The molecule has 118 valence electrons. The third-order valence-electron chi connectivity index (χ3n) is 4.23. The van der Waals surface area contributed by atoms with Crippen molar-refractivity contribution >= 4 is 23.2 Å². The zero-order valence-corrected chi connectivity index (χ0v) is 13.1. The Labute approximate surface area is 136 Å². The van der Waals surface area contributed by atoms with E-state index in [4.69, 9.17) is 26.3 Å². The van der Waals surface area contributed by atoms with Crippen molar-refractivity contribution in [3.8, 4) is 17.6 Å². The fourth-order valence-corrected chi connectivity index (χ4v) is 3.30. The number of hydrogen-bond donors (Lipinski definition) is 1. The summed E-state index contributed by atoms with van der Waals surface area (Å²) in [6, 6.07) is 3.25. The molecule has 6 nitrogen and oxygen atoms in total. The van der Waals surface area contributed by atoms with Crippen molar-refractivity contribution in [2.75, 3.05) is 7.11 Å². The van der Waals surface area contributed by atoms with Crippen molar-refractivity contribution in [3.63, 3.8) is 0 Å². The van der Waals surface area contributed by atoms with E-state index in [1.165, 1.54) is 13.2 Å². The topological polar surface area (TPSA) is 96.6 Å². The molecule has 1 aromatic rings. The van der Waals surface area contributed by atoms with E-state index in [-0.39, 0.29) is 39.9 Å². The van der Waals surface area contributed by atoms with Gasteiger partial charge in [-0.2, -0.15) is 5.26 Å².